The van der Waals surface area contributed by atoms with E-state index in [1.54, 1.807) is 6.66 Å². The molecule has 0 fully saturated rings. The summed E-state index contributed by atoms with van der Waals surface area (Å²) < 4.78 is 49.5. The lowest BCUT2D eigenvalue weighted by Gasteiger charge is -2.04. The van der Waals surface area contributed by atoms with Crippen LogP contribution in [0.1, 0.15) is 6.92 Å². The van der Waals surface area contributed by atoms with Gasteiger partial charge in [-0.3, -0.25) is 13.7 Å². The lowest BCUT2D eigenvalue weighted by Crippen LogP contribution is -1.82. The Kier molecular flexibility index (Phi) is 38.5. The van der Waals surface area contributed by atoms with Crippen molar-refractivity contribution in [2.75, 3.05) is 67.9 Å². The Morgan fingerprint density at radius 3 is 0.926 bits per heavy atom. The molecule has 174 valence electrons. The van der Waals surface area contributed by atoms with Crippen LogP contribution in [0.25, 0.3) is 0 Å². The van der Waals surface area contributed by atoms with Crippen LogP contribution in [0.3, 0.4) is 0 Å². The standard InChI is InChI=1S/C4H11O2P.C2H6ClO2P.C2H6ClOP.CH3Cl2OP.CH5N.CH4O/c1-4-7(3,5)6-2;1-5-6(2,3)4;2*1-5(2,3)4;2*1-2/h4H2,1-3H3;1-2H3;1-2H3;1H3;2H2,1H3;2H,1H3. The molecule has 0 aliphatic carbocycles. The second kappa shape index (κ2) is 24.2. The average molecular weight is 559 g/mol. The topological polar surface area (TPSA) is 133 Å². The molecule has 0 heterocycles. The molecule has 3 N–H and O–H groups in total. The molecule has 2 atom stereocenters. The van der Waals surface area contributed by atoms with Crippen molar-refractivity contribution in [3.05, 3.63) is 0 Å². The van der Waals surface area contributed by atoms with E-state index in [1.807, 2.05) is 6.92 Å². The molecule has 16 heteroatoms. The van der Waals surface area contributed by atoms with Crippen molar-refractivity contribution in [1.82, 2.24) is 0 Å². The Bertz CT molecular complexity index is 435. The molecule has 0 amide bonds. The number of nitrogens with two attached hydrogens (primary N) is 1. The van der Waals surface area contributed by atoms with Gasteiger partial charge in [-0.15, -0.1) is 0 Å². The van der Waals surface area contributed by atoms with E-state index in [4.69, 9.17) is 50.1 Å². The lowest BCUT2D eigenvalue weighted by atomic mass is 11.0. The molecule has 0 aromatic rings. The van der Waals surface area contributed by atoms with Crippen molar-refractivity contribution in [3.63, 3.8) is 0 Å². The molecule has 0 rings (SSSR count). The summed E-state index contributed by atoms with van der Waals surface area (Å²) >= 11 is 19.8. The average Bonchev–Trinajstić information content (AvgIpc) is 2.48. The highest BCUT2D eigenvalue weighted by molar-refractivity contribution is 8.08. The van der Waals surface area contributed by atoms with Crippen LogP contribution in [0.4, 0.5) is 0 Å². The van der Waals surface area contributed by atoms with E-state index >= 15 is 0 Å². The van der Waals surface area contributed by atoms with Gasteiger partial charge in [-0.25, -0.2) is 0 Å². The highest BCUT2D eigenvalue weighted by Crippen LogP contribution is 2.52. The van der Waals surface area contributed by atoms with Crippen LogP contribution in [0.2, 0.25) is 0 Å². The van der Waals surface area contributed by atoms with Gasteiger partial charge in [-0.05, 0) is 40.8 Å². The normalized spacial score (nSPS) is 14.1. The summed E-state index contributed by atoms with van der Waals surface area (Å²) in [5.41, 5.74) is 4.50. The van der Waals surface area contributed by atoms with Crippen molar-refractivity contribution in [3.8, 4) is 0 Å². The fourth-order valence-electron chi connectivity index (χ4n) is 0.129. The Morgan fingerprint density at radius 1 is 0.778 bits per heavy atom. The summed E-state index contributed by atoms with van der Waals surface area (Å²) in [6, 6.07) is 0. The number of aliphatic hydroxyl groups excluding tert-OH is 1. The lowest BCUT2D eigenvalue weighted by molar-refractivity contribution is 0.399. The van der Waals surface area contributed by atoms with E-state index in [1.165, 1.54) is 47.9 Å². The van der Waals surface area contributed by atoms with Gasteiger partial charge in [0, 0.05) is 60.8 Å². The molecule has 2 unspecified atom stereocenters. The van der Waals surface area contributed by atoms with E-state index in [2.05, 4.69) is 14.8 Å². The van der Waals surface area contributed by atoms with Gasteiger partial charge < -0.3 is 24.5 Å². The Morgan fingerprint density at radius 2 is 0.926 bits per heavy atom. The van der Waals surface area contributed by atoms with Gasteiger partial charge in [0.2, 0.25) is 5.85 Å². The van der Waals surface area contributed by atoms with Gasteiger partial charge in [0.05, 0.1) is 0 Å². The summed E-state index contributed by atoms with van der Waals surface area (Å²) in [4.78, 5) is 0. The van der Waals surface area contributed by atoms with E-state index in [-0.39, 0.29) is 0 Å². The van der Waals surface area contributed by atoms with Gasteiger partial charge >= 0.3 is 0 Å². The van der Waals surface area contributed by atoms with Crippen LogP contribution in [-0.4, -0.2) is 73.0 Å². The van der Waals surface area contributed by atoms with Gasteiger partial charge in [0.25, 0.3) is 6.72 Å². The Balaban J connectivity index is -0.0000000515. The van der Waals surface area contributed by atoms with Gasteiger partial charge in [0.1, 0.15) is 0 Å². The molecule has 0 aliphatic rings. The minimum Gasteiger partial charge on any atom is -0.400 e. The predicted octanol–water partition coefficient (Wildman–Crippen LogP) is 6.49. The molecule has 0 saturated heterocycles. The summed E-state index contributed by atoms with van der Waals surface area (Å²) in [5, 5.41) is 7.00. The Labute approximate surface area is 183 Å². The number of aliphatic hydroxyl groups is 1. The third-order valence-corrected chi connectivity index (χ3v) is 4.27. The molecule has 0 radical (unpaired) electrons. The first-order valence-electron chi connectivity index (χ1n) is 6.87. The quantitative estimate of drug-likeness (QED) is 0.375. The maximum Gasteiger partial charge on any atom is 0.286 e. The molecule has 0 spiro atoms. The SMILES string of the molecule is CCP(C)(=O)OC.CN.CO.COP(C)(=O)Cl.CP(=O)(Cl)Cl.CP(C)(=O)Cl. The fraction of sp³-hybridized carbons (Fsp3) is 1.00. The second-order valence-electron chi connectivity index (χ2n) is 4.38. The zero-order valence-corrected chi connectivity index (χ0v) is 24.1. The number of hydrogen-bond acceptors (Lipinski definition) is 8. The van der Waals surface area contributed by atoms with Gasteiger partial charge in [-0.1, -0.05) is 18.2 Å². The van der Waals surface area contributed by atoms with Crippen LogP contribution < -0.4 is 5.73 Å². The molecule has 8 nitrogen and oxygen atoms in total. The zero-order chi connectivity index (χ0) is 24.1. The third-order valence-electron chi connectivity index (χ3n) is 1.29. The zero-order valence-electron chi connectivity index (χ0n) is 17.5. The Hall–Kier alpha value is 1.92. The van der Waals surface area contributed by atoms with Crippen molar-refractivity contribution in [2.45, 2.75) is 6.92 Å². The number of halogens is 4. The van der Waals surface area contributed by atoms with Crippen LogP contribution in [-0.2, 0) is 27.3 Å². The van der Waals surface area contributed by atoms with Crippen molar-refractivity contribution in [2.24, 2.45) is 5.73 Å². The summed E-state index contributed by atoms with van der Waals surface area (Å²) in [6.45, 7) is 4.28. The fourth-order valence-corrected chi connectivity index (χ4v) is 0.387. The number of hydrogen-bond donors (Lipinski definition) is 2. The largest absolute Gasteiger partial charge is 0.400 e. The molecular formula is C11H35Cl4NO7P4. The monoisotopic (exact) mass is 557 g/mol. The minimum atomic E-state index is -2.69. The summed E-state index contributed by atoms with van der Waals surface area (Å²) in [5.74, 6) is -2.69. The molecule has 0 saturated carbocycles. The van der Waals surface area contributed by atoms with Crippen molar-refractivity contribution >= 4 is 71.4 Å². The first-order valence-corrected chi connectivity index (χ1v) is 19.6. The first-order chi connectivity index (χ1) is 11.7. The van der Waals surface area contributed by atoms with E-state index in [9.17, 15) is 18.3 Å². The van der Waals surface area contributed by atoms with Gasteiger partial charge in [0.15, 0.2) is 13.9 Å². The highest BCUT2D eigenvalue weighted by Gasteiger charge is 2.07. The van der Waals surface area contributed by atoms with E-state index < -0.39 is 26.4 Å². The molecule has 0 aromatic carbocycles. The highest BCUT2D eigenvalue weighted by atomic mass is 35.9. The smallest absolute Gasteiger partial charge is 0.286 e. The third kappa shape index (κ3) is 157. The first kappa shape index (κ1) is 42.9. The maximum absolute atomic E-state index is 10.7. The van der Waals surface area contributed by atoms with Crippen LogP contribution in [0, 0.1) is 0 Å². The van der Waals surface area contributed by atoms with E-state index in [0.717, 1.165) is 7.11 Å². The number of rotatable bonds is 3. The van der Waals surface area contributed by atoms with Gasteiger partial charge in [-0.2, -0.15) is 0 Å². The van der Waals surface area contributed by atoms with E-state index in [0.29, 0.717) is 6.16 Å². The van der Waals surface area contributed by atoms with Crippen LogP contribution in [0.5, 0.6) is 0 Å². The molecule has 27 heavy (non-hydrogen) atoms. The summed E-state index contributed by atoms with van der Waals surface area (Å²) in [6.07, 6.45) is 0.628. The van der Waals surface area contributed by atoms with Crippen molar-refractivity contribution in [1.29, 1.82) is 0 Å². The van der Waals surface area contributed by atoms with Crippen LogP contribution >= 0.6 is 71.4 Å². The predicted molar refractivity (Wildman–Crippen MR) is 126 cm³/mol. The molecule has 0 bridgehead atoms. The second-order valence-corrected chi connectivity index (χ2v) is 21.8. The molecule has 0 aromatic heterocycles. The molecular weight excluding hydrogens is 524 g/mol. The maximum atomic E-state index is 10.7. The minimum absolute atomic E-state index is 0.628. The summed E-state index contributed by atoms with van der Waals surface area (Å²) in [7, 11) is 3.14. The van der Waals surface area contributed by atoms with Crippen LogP contribution in [0.15, 0.2) is 0 Å². The molecule has 0 aliphatic heterocycles. The van der Waals surface area contributed by atoms with Crippen molar-refractivity contribution < 1.29 is 32.4 Å².